The first-order valence-electron chi connectivity index (χ1n) is 10.2. The Kier molecular flexibility index (Phi) is 4.09. The quantitative estimate of drug-likeness (QED) is 0.602. The van der Waals surface area contributed by atoms with Gasteiger partial charge in [-0.05, 0) is 66.3 Å². The molecule has 29 heavy (non-hydrogen) atoms. The summed E-state index contributed by atoms with van der Waals surface area (Å²) in [5.74, 6) is 0.164. The molecule has 1 aromatic heterocycles. The molecule has 5 heteroatoms. The maximum Gasteiger partial charge on any atom is 0.227 e. The predicted octanol–water partition coefficient (Wildman–Crippen LogP) is 5.26. The van der Waals surface area contributed by atoms with Crippen molar-refractivity contribution in [1.82, 2.24) is 4.57 Å². The zero-order valence-electron chi connectivity index (χ0n) is 17.0. The van der Waals surface area contributed by atoms with Crippen molar-refractivity contribution in [3.63, 3.8) is 0 Å². The van der Waals surface area contributed by atoms with Gasteiger partial charge in [-0.15, -0.1) is 0 Å². The fraction of sp³-hybridized carbons (Fsp3) is 0.333. The van der Waals surface area contributed by atoms with Crippen molar-refractivity contribution in [3.05, 3.63) is 58.5 Å². The van der Waals surface area contributed by atoms with Gasteiger partial charge in [-0.3, -0.25) is 9.79 Å². The molecule has 4 nitrogen and oxygen atoms in total. The van der Waals surface area contributed by atoms with Crippen LogP contribution in [0.1, 0.15) is 55.0 Å². The first kappa shape index (κ1) is 18.1. The van der Waals surface area contributed by atoms with Crippen LogP contribution < -0.4 is 4.90 Å². The molecule has 1 amide bonds. The van der Waals surface area contributed by atoms with Gasteiger partial charge in [-0.25, -0.2) is 4.39 Å². The number of anilines is 1. The number of amides is 1. The van der Waals surface area contributed by atoms with Crippen molar-refractivity contribution in [2.45, 2.75) is 46.1 Å². The van der Waals surface area contributed by atoms with Gasteiger partial charge in [0.2, 0.25) is 5.91 Å². The molecule has 2 aromatic carbocycles. The molecule has 0 saturated carbocycles. The van der Waals surface area contributed by atoms with Crippen molar-refractivity contribution in [3.8, 4) is 5.69 Å². The summed E-state index contributed by atoms with van der Waals surface area (Å²) < 4.78 is 16.2. The molecule has 0 spiro atoms. The topological polar surface area (TPSA) is 37.6 Å². The maximum atomic E-state index is 14.0. The van der Waals surface area contributed by atoms with E-state index in [0.29, 0.717) is 18.5 Å². The van der Waals surface area contributed by atoms with Crippen LogP contribution in [-0.2, 0) is 11.3 Å². The molecule has 1 fully saturated rings. The van der Waals surface area contributed by atoms with Gasteiger partial charge in [-0.2, -0.15) is 0 Å². The number of hydrogen-bond donors (Lipinski definition) is 0. The standard InChI is InChI=1S/C24H24FN3O/c1-14(2)23-24(27-8-4-5-22(27)29)19-10-16-12-26-13-17(16)11-21(19)28(23)18-6-7-20(25)15(3)9-18/h6-7,9-11,13-14H,4-5,8,12H2,1-3H3. The molecule has 5 rings (SSSR count). The molecular formula is C24H24FN3O. The second-order valence-electron chi connectivity index (χ2n) is 8.34. The number of rotatable bonds is 3. The molecule has 0 N–H and O–H groups in total. The van der Waals surface area contributed by atoms with Gasteiger partial charge in [0.15, 0.2) is 0 Å². The van der Waals surface area contributed by atoms with E-state index in [2.05, 4.69) is 35.5 Å². The Hall–Kier alpha value is -2.95. The summed E-state index contributed by atoms with van der Waals surface area (Å²) in [6, 6.07) is 9.59. The molecule has 0 atom stereocenters. The lowest BCUT2D eigenvalue weighted by Gasteiger charge is -2.21. The van der Waals surface area contributed by atoms with Crippen LogP contribution in [0.5, 0.6) is 0 Å². The SMILES string of the molecule is Cc1cc(-n2c(C(C)C)c(N3CCCC3=O)c3cc4c(cc32)C=NC4)ccc1F. The molecular weight excluding hydrogens is 365 g/mol. The smallest absolute Gasteiger partial charge is 0.227 e. The van der Waals surface area contributed by atoms with Crippen LogP contribution >= 0.6 is 0 Å². The molecule has 3 aromatic rings. The fourth-order valence-electron chi connectivity index (χ4n) is 4.64. The highest BCUT2D eigenvalue weighted by atomic mass is 19.1. The lowest BCUT2D eigenvalue weighted by Crippen LogP contribution is -2.25. The van der Waals surface area contributed by atoms with Crippen LogP contribution in [0, 0.1) is 12.7 Å². The number of aliphatic imine (C=N–C) groups is 1. The third-order valence-corrected chi connectivity index (χ3v) is 6.02. The lowest BCUT2D eigenvalue weighted by molar-refractivity contribution is -0.117. The molecule has 0 aliphatic carbocycles. The van der Waals surface area contributed by atoms with Crippen LogP contribution in [-0.4, -0.2) is 23.2 Å². The number of aromatic nitrogens is 1. The van der Waals surface area contributed by atoms with E-state index < -0.39 is 0 Å². The van der Waals surface area contributed by atoms with Crippen LogP contribution in [0.4, 0.5) is 10.1 Å². The van der Waals surface area contributed by atoms with Crippen molar-refractivity contribution < 1.29 is 9.18 Å². The predicted molar refractivity (Wildman–Crippen MR) is 115 cm³/mol. The van der Waals surface area contributed by atoms with Gasteiger partial charge in [0.25, 0.3) is 0 Å². The molecule has 3 heterocycles. The zero-order valence-corrected chi connectivity index (χ0v) is 17.0. The number of aryl methyl sites for hydroxylation is 1. The summed E-state index contributed by atoms with van der Waals surface area (Å²) in [5.41, 5.74) is 6.99. The van der Waals surface area contributed by atoms with Crippen LogP contribution in [0.25, 0.3) is 16.6 Å². The Labute approximate surface area is 169 Å². The maximum absolute atomic E-state index is 14.0. The second-order valence-corrected chi connectivity index (χ2v) is 8.34. The summed E-state index contributed by atoms with van der Waals surface area (Å²) in [7, 11) is 0. The number of carbonyl (C=O) groups is 1. The van der Waals surface area contributed by atoms with E-state index in [1.54, 1.807) is 6.92 Å². The fourth-order valence-corrected chi connectivity index (χ4v) is 4.64. The largest absolute Gasteiger partial charge is 0.311 e. The lowest BCUT2D eigenvalue weighted by atomic mass is 10.0. The first-order chi connectivity index (χ1) is 14.0. The van der Waals surface area contributed by atoms with Crippen molar-refractivity contribution >= 4 is 28.7 Å². The van der Waals surface area contributed by atoms with Gasteiger partial charge in [-0.1, -0.05) is 13.8 Å². The van der Waals surface area contributed by atoms with Gasteiger partial charge in [0, 0.05) is 30.3 Å². The molecule has 0 bridgehead atoms. The van der Waals surface area contributed by atoms with E-state index in [-0.39, 0.29) is 17.6 Å². The van der Waals surface area contributed by atoms with Crippen molar-refractivity contribution in [2.75, 3.05) is 11.4 Å². The Morgan fingerprint density at radius 3 is 2.69 bits per heavy atom. The molecule has 0 unspecified atom stereocenters. The Balaban J connectivity index is 1.89. The summed E-state index contributed by atoms with van der Waals surface area (Å²) in [6.45, 7) is 7.51. The minimum absolute atomic E-state index is 0.179. The zero-order chi connectivity index (χ0) is 20.3. The van der Waals surface area contributed by atoms with Crippen LogP contribution in [0.3, 0.4) is 0 Å². The number of carbonyl (C=O) groups excluding carboxylic acids is 1. The van der Waals surface area contributed by atoms with Crippen LogP contribution in [0.2, 0.25) is 0 Å². The molecule has 0 radical (unpaired) electrons. The first-order valence-corrected chi connectivity index (χ1v) is 10.2. The van der Waals surface area contributed by atoms with Gasteiger partial charge in [0.05, 0.1) is 23.4 Å². The van der Waals surface area contributed by atoms with E-state index in [1.807, 2.05) is 23.2 Å². The summed E-state index contributed by atoms with van der Waals surface area (Å²) in [6.07, 6.45) is 3.39. The summed E-state index contributed by atoms with van der Waals surface area (Å²) >= 11 is 0. The second kappa shape index (κ2) is 6.55. The monoisotopic (exact) mass is 389 g/mol. The van der Waals surface area contributed by atoms with E-state index in [9.17, 15) is 9.18 Å². The van der Waals surface area contributed by atoms with Gasteiger partial charge < -0.3 is 9.47 Å². The Morgan fingerprint density at radius 1 is 1.17 bits per heavy atom. The Morgan fingerprint density at radius 2 is 2.00 bits per heavy atom. The average Bonchev–Trinajstić information content (AvgIpc) is 3.38. The average molecular weight is 389 g/mol. The summed E-state index contributed by atoms with van der Waals surface area (Å²) in [5, 5.41) is 1.08. The minimum atomic E-state index is -0.209. The van der Waals surface area contributed by atoms with Gasteiger partial charge in [0.1, 0.15) is 5.82 Å². The minimum Gasteiger partial charge on any atom is -0.311 e. The number of halogens is 1. The molecule has 2 aliphatic rings. The third kappa shape index (κ3) is 2.71. The highest BCUT2D eigenvalue weighted by molar-refractivity contribution is 6.08. The number of nitrogens with zero attached hydrogens (tertiary/aromatic N) is 3. The highest BCUT2D eigenvalue weighted by Gasteiger charge is 2.31. The summed E-state index contributed by atoms with van der Waals surface area (Å²) in [4.78, 5) is 19.1. The normalized spacial score (nSPS) is 15.9. The third-order valence-electron chi connectivity index (χ3n) is 6.02. The van der Waals surface area contributed by atoms with Crippen molar-refractivity contribution in [2.24, 2.45) is 4.99 Å². The van der Waals surface area contributed by atoms with E-state index in [0.717, 1.165) is 46.5 Å². The molecule has 148 valence electrons. The van der Waals surface area contributed by atoms with E-state index in [1.165, 1.54) is 11.6 Å². The number of hydrogen-bond acceptors (Lipinski definition) is 2. The molecule has 2 aliphatic heterocycles. The van der Waals surface area contributed by atoms with Gasteiger partial charge >= 0.3 is 0 Å². The highest BCUT2D eigenvalue weighted by Crippen LogP contribution is 2.43. The number of fused-ring (bicyclic) bond motifs is 2. The Bertz CT molecular complexity index is 1190. The molecule has 1 saturated heterocycles. The van der Waals surface area contributed by atoms with E-state index >= 15 is 0 Å². The number of benzene rings is 2. The van der Waals surface area contributed by atoms with Crippen LogP contribution in [0.15, 0.2) is 35.3 Å². The van der Waals surface area contributed by atoms with E-state index in [4.69, 9.17) is 0 Å². The van der Waals surface area contributed by atoms with Crippen molar-refractivity contribution in [1.29, 1.82) is 0 Å².